The van der Waals surface area contributed by atoms with Gasteiger partial charge in [-0.15, -0.1) is 0 Å². The predicted molar refractivity (Wildman–Crippen MR) is 59.5 cm³/mol. The van der Waals surface area contributed by atoms with Crippen LogP contribution >= 0.6 is 11.6 Å². The van der Waals surface area contributed by atoms with E-state index in [1.165, 1.54) is 0 Å². The summed E-state index contributed by atoms with van der Waals surface area (Å²) in [5.74, 6) is 0. The summed E-state index contributed by atoms with van der Waals surface area (Å²) in [6.07, 6.45) is 0.533. The minimum atomic E-state index is 0.533. The van der Waals surface area contributed by atoms with E-state index in [4.69, 9.17) is 16.9 Å². The molecular formula is C10H15ClN4. The fraction of sp³-hybridized carbons (Fsp3) is 0.600. The highest BCUT2D eigenvalue weighted by atomic mass is 35.5. The van der Waals surface area contributed by atoms with Crippen molar-refractivity contribution in [1.29, 1.82) is 5.26 Å². The van der Waals surface area contributed by atoms with E-state index in [9.17, 15) is 0 Å². The molecule has 0 aromatic carbocycles. The zero-order chi connectivity index (χ0) is 11.4. The fourth-order valence-corrected chi connectivity index (χ4v) is 1.65. The molecule has 1 heterocycles. The molecule has 15 heavy (non-hydrogen) atoms. The molecule has 82 valence electrons. The second kappa shape index (κ2) is 5.15. The van der Waals surface area contributed by atoms with E-state index in [2.05, 4.69) is 16.1 Å². The molecule has 4 nitrogen and oxygen atoms in total. The zero-order valence-electron chi connectivity index (χ0n) is 9.29. The highest BCUT2D eigenvalue weighted by Crippen LogP contribution is 2.20. The van der Waals surface area contributed by atoms with Gasteiger partial charge in [-0.3, -0.25) is 9.58 Å². The van der Waals surface area contributed by atoms with Crippen LogP contribution in [-0.4, -0.2) is 28.3 Å². The number of aryl methyl sites for hydroxylation is 2. The Morgan fingerprint density at radius 3 is 2.73 bits per heavy atom. The van der Waals surface area contributed by atoms with Crippen LogP contribution in [0.5, 0.6) is 0 Å². The van der Waals surface area contributed by atoms with Gasteiger partial charge in [0.05, 0.1) is 22.5 Å². The molecular weight excluding hydrogens is 212 g/mol. The first-order valence-electron chi connectivity index (χ1n) is 4.79. The third-order valence-corrected chi connectivity index (χ3v) is 2.78. The maximum Gasteiger partial charge on any atom is 0.0860 e. The summed E-state index contributed by atoms with van der Waals surface area (Å²) in [6.45, 7) is 3.36. The molecule has 0 fully saturated rings. The number of nitrogens with zero attached hydrogens (tertiary/aromatic N) is 4. The first-order chi connectivity index (χ1) is 7.06. The summed E-state index contributed by atoms with van der Waals surface area (Å²) < 4.78 is 1.79. The lowest BCUT2D eigenvalue weighted by Gasteiger charge is -2.14. The van der Waals surface area contributed by atoms with Crippen molar-refractivity contribution in [2.75, 3.05) is 13.6 Å². The minimum Gasteiger partial charge on any atom is -0.299 e. The molecule has 0 N–H and O–H groups in total. The van der Waals surface area contributed by atoms with Gasteiger partial charge in [0.1, 0.15) is 0 Å². The first kappa shape index (κ1) is 12.0. The van der Waals surface area contributed by atoms with Gasteiger partial charge in [-0.25, -0.2) is 0 Å². The van der Waals surface area contributed by atoms with Gasteiger partial charge >= 0.3 is 0 Å². The van der Waals surface area contributed by atoms with Gasteiger partial charge in [-0.1, -0.05) is 11.6 Å². The van der Waals surface area contributed by atoms with Crippen LogP contribution in [0.15, 0.2) is 0 Å². The van der Waals surface area contributed by atoms with Gasteiger partial charge in [0.2, 0.25) is 0 Å². The van der Waals surface area contributed by atoms with E-state index in [1.54, 1.807) is 4.68 Å². The van der Waals surface area contributed by atoms with Crippen LogP contribution in [0.25, 0.3) is 0 Å². The molecule has 0 unspecified atom stereocenters. The largest absolute Gasteiger partial charge is 0.299 e. The molecule has 0 saturated carbocycles. The van der Waals surface area contributed by atoms with Crippen molar-refractivity contribution < 1.29 is 0 Å². The molecule has 5 heteroatoms. The average molecular weight is 227 g/mol. The number of halogens is 1. The van der Waals surface area contributed by atoms with Gasteiger partial charge in [0.15, 0.2) is 0 Å². The van der Waals surface area contributed by atoms with Crippen LogP contribution < -0.4 is 0 Å². The number of hydrogen-bond donors (Lipinski definition) is 0. The van der Waals surface area contributed by atoms with E-state index >= 15 is 0 Å². The zero-order valence-corrected chi connectivity index (χ0v) is 10.0. The quantitative estimate of drug-likeness (QED) is 0.786. The summed E-state index contributed by atoms with van der Waals surface area (Å²) in [7, 11) is 3.85. The Morgan fingerprint density at radius 2 is 2.27 bits per heavy atom. The topological polar surface area (TPSA) is 44.9 Å². The van der Waals surface area contributed by atoms with E-state index < -0.39 is 0 Å². The van der Waals surface area contributed by atoms with Crippen molar-refractivity contribution in [3.8, 4) is 6.07 Å². The van der Waals surface area contributed by atoms with E-state index in [0.717, 1.165) is 29.5 Å². The number of nitriles is 1. The first-order valence-corrected chi connectivity index (χ1v) is 5.17. The second-order valence-corrected chi connectivity index (χ2v) is 3.99. The summed E-state index contributed by atoms with van der Waals surface area (Å²) in [4.78, 5) is 2.06. The predicted octanol–water partition coefficient (Wildman–Crippen LogP) is 1.73. The van der Waals surface area contributed by atoms with Gasteiger partial charge in [-0.05, 0) is 14.0 Å². The molecule has 0 spiro atoms. The van der Waals surface area contributed by atoms with Gasteiger partial charge in [0, 0.05) is 26.6 Å². The van der Waals surface area contributed by atoms with Crippen molar-refractivity contribution >= 4 is 11.6 Å². The van der Waals surface area contributed by atoms with Crippen molar-refractivity contribution in [3.05, 3.63) is 16.4 Å². The second-order valence-electron chi connectivity index (χ2n) is 3.62. The summed E-state index contributed by atoms with van der Waals surface area (Å²) in [5, 5.41) is 13.4. The monoisotopic (exact) mass is 226 g/mol. The molecule has 1 aromatic rings. The standard InChI is InChI=1S/C10H15ClN4/c1-8-10(11)9(15(3)13-8)7-14(2)6-4-5-12/h4,6-7H2,1-3H3. The van der Waals surface area contributed by atoms with Crippen LogP contribution in [0.3, 0.4) is 0 Å². The van der Waals surface area contributed by atoms with E-state index in [1.807, 2.05) is 21.0 Å². The van der Waals surface area contributed by atoms with Crippen molar-refractivity contribution in [2.24, 2.45) is 7.05 Å². The highest BCUT2D eigenvalue weighted by Gasteiger charge is 2.12. The fourth-order valence-electron chi connectivity index (χ4n) is 1.43. The Morgan fingerprint density at radius 1 is 1.60 bits per heavy atom. The Kier molecular flexibility index (Phi) is 4.13. The maximum atomic E-state index is 8.47. The van der Waals surface area contributed by atoms with Crippen molar-refractivity contribution in [2.45, 2.75) is 19.9 Å². The maximum absolute atomic E-state index is 8.47. The molecule has 0 bridgehead atoms. The number of rotatable bonds is 4. The summed E-state index contributed by atoms with van der Waals surface area (Å²) >= 11 is 6.12. The highest BCUT2D eigenvalue weighted by molar-refractivity contribution is 6.31. The SMILES string of the molecule is Cc1nn(C)c(CN(C)CCC#N)c1Cl. The Bertz CT molecular complexity index is 378. The Hall–Kier alpha value is -1.05. The summed E-state index contributed by atoms with van der Waals surface area (Å²) in [6, 6.07) is 2.12. The molecule has 0 atom stereocenters. The molecule has 0 aliphatic heterocycles. The van der Waals surface area contributed by atoms with Crippen LogP contribution in [0.4, 0.5) is 0 Å². The third kappa shape index (κ3) is 2.95. The molecule has 1 rings (SSSR count). The smallest absolute Gasteiger partial charge is 0.0860 e. The van der Waals surface area contributed by atoms with E-state index in [0.29, 0.717) is 6.42 Å². The number of hydrogen-bond acceptors (Lipinski definition) is 3. The van der Waals surface area contributed by atoms with Crippen LogP contribution in [-0.2, 0) is 13.6 Å². The normalized spacial score (nSPS) is 10.7. The van der Waals surface area contributed by atoms with Crippen molar-refractivity contribution in [3.63, 3.8) is 0 Å². The molecule has 0 amide bonds. The molecule has 0 aliphatic rings. The Balaban J connectivity index is 2.68. The lowest BCUT2D eigenvalue weighted by atomic mass is 10.3. The van der Waals surface area contributed by atoms with Crippen LogP contribution in [0.1, 0.15) is 17.8 Å². The van der Waals surface area contributed by atoms with E-state index in [-0.39, 0.29) is 0 Å². The third-order valence-electron chi connectivity index (χ3n) is 2.29. The Labute approximate surface area is 95.0 Å². The van der Waals surface area contributed by atoms with Crippen molar-refractivity contribution in [1.82, 2.24) is 14.7 Å². The molecule has 0 radical (unpaired) electrons. The van der Waals surface area contributed by atoms with Gasteiger partial charge in [0.25, 0.3) is 0 Å². The molecule has 0 saturated heterocycles. The van der Waals surface area contributed by atoms with Gasteiger partial charge < -0.3 is 0 Å². The average Bonchev–Trinajstić information content (AvgIpc) is 2.42. The van der Waals surface area contributed by atoms with Crippen LogP contribution in [0, 0.1) is 18.3 Å². The summed E-state index contributed by atoms with van der Waals surface area (Å²) in [5.41, 5.74) is 1.84. The minimum absolute atomic E-state index is 0.533. The molecule has 1 aromatic heterocycles. The number of aromatic nitrogens is 2. The lowest BCUT2D eigenvalue weighted by molar-refractivity contribution is 0.325. The van der Waals surface area contributed by atoms with Crippen LogP contribution in [0.2, 0.25) is 5.02 Å². The van der Waals surface area contributed by atoms with Gasteiger partial charge in [-0.2, -0.15) is 10.4 Å². The lowest BCUT2D eigenvalue weighted by Crippen LogP contribution is -2.20. The molecule has 0 aliphatic carbocycles.